The monoisotopic (exact) mass is 212 g/mol. The third kappa shape index (κ3) is 8.65. The molecule has 0 fully saturated rings. The van der Waals surface area contributed by atoms with Crippen LogP contribution in [0.2, 0.25) is 0 Å². The minimum absolute atomic E-state index is 0. The van der Waals surface area contributed by atoms with E-state index < -0.39 is 0 Å². The maximum atomic E-state index is 11.4. The van der Waals surface area contributed by atoms with Crippen molar-refractivity contribution in [3.63, 3.8) is 0 Å². The van der Waals surface area contributed by atoms with Crippen molar-refractivity contribution in [1.82, 2.24) is 0 Å². The van der Waals surface area contributed by atoms with Crippen LogP contribution in [0.1, 0.15) is 33.6 Å². The molecule has 0 bridgehead atoms. The molecule has 1 unspecified atom stereocenters. The van der Waals surface area contributed by atoms with Crippen LogP contribution in [0.25, 0.3) is 0 Å². The molecule has 84 valence electrons. The molecule has 0 heterocycles. The van der Waals surface area contributed by atoms with Crippen molar-refractivity contribution in [2.45, 2.75) is 33.6 Å². The molecule has 0 aromatic rings. The molecule has 1 nitrogen and oxygen atoms in total. The Morgan fingerprint density at radius 2 is 2.06 bits per heavy atom. The molecular formula is C14H21LiO. The maximum Gasteiger partial charge on any atom is 1.00 e. The largest absolute Gasteiger partial charge is 1.00 e. The summed E-state index contributed by atoms with van der Waals surface area (Å²) in [6.07, 6.45) is 11.1. The van der Waals surface area contributed by atoms with Crippen molar-refractivity contribution in [3.8, 4) is 0 Å². The van der Waals surface area contributed by atoms with Gasteiger partial charge in [-0.15, -0.1) is 5.76 Å². The zero-order chi connectivity index (χ0) is 11.7. The van der Waals surface area contributed by atoms with Gasteiger partial charge in [0.1, 0.15) is 0 Å². The summed E-state index contributed by atoms with van der Waals surface area (Å²) < 4.78 is 0. The molecule has 0 aliphatic heterocycles. The van der Waals surface area contributed by atoms with Gasteiger partial charge in [0.25, 0.3) is 0 Å². The molecular weight excluding hydrogens is 191 g/mol. The van der Waals surface area contributed by atoms with E-state index in [1.165, 1.54) is 0 Å². The first kappa shape index (κ1) is 17.7. The van der Waals surface area contributed by atoms with Crippen molar-refractivity contribution in [1.29, 1.82) is 0 Å². The van der Waals surface area contributed by atoms with Crippen LogP contribution in [0, 0.1) is 5.92 Å². The summed E-state index contributed by atoms with van der Waals surface area (Å²) in [4.78, 5) is 0. The summed E-state index contributed by atoms with van der Waals surface area (Å²) in [6, 6.07) is 0. The van der Waals surface area contributed by atoms with E-state index in [1.54, 1.807) is 12.2 Å². The topological polar surface area (TPSA) is 23.1 Å². The Balaban J connectivity index is 0. The fourth-order valence-electron chi connectivity index (χ4n) is 0.953. The molecule has 0 aliphatic rings. The zero-order valence-electron chi connectivity index (χ0n) is 11.0. The smallest absolute Gasteiger partial charge is 0.875 e. The molecule has 0 rings (SSSR count). The molecule has 0 aromatic heterocycles. The van der Waals surface area contributed by atoms with Crippen molar-refractivity contribution in [3.05, 3.63) is 48.3 Å². The predicted octanol–water partition coefficient (Wildman–Crippen LogP) is 0.359. The van der Waals surface area contributed by atoms with Crippen LogP contribution in [0.4, 0.5) is 0 Å². The second-order valence-electron chi connectivity index (χ2n) is 3.69. The normalized spacial score (nSPS) is 14.7. The quantitative estimate of drug-likeness (QED) is 0.354. The first-order valence-electron chi connectivity index (χ1n) is 5.44. The average Bonchev–Trinajstić information content (AvgIpc) is 2.26. The van der Waals surface area contributed by atoms with Crippen LogP contribution < -0.4 is 24.0 Å². The van der Waals surface area contributed by atoms with E-state index in [1.807, 2.05) is 39.0 Å². The van der Waals surface area contributed by atoms with E-state index in [-0.39, 0.29) is 30.5 Å². The molecule has 0 aromatic carbocycles. The zero-order valence-corrected chi connectivity index (χ0v) is 11.0. The molecule has 0 aliphatic carbocycles. The van der Waals surface area contributed by atoms with Crippen molar-refractivity contribution < 1.29 is 24.0 Å². The summed E-state index contributed by atoms with van der Waals surface area (Å²) in [5.41, 5.74) is 1.12. The number of allylic oxidation sites excluding steroid dienone is 7. The van der Waals surface area contributed by atoms with Gasteiger partial charge < -0.3 is 5.11 Å². The minimum atomic E-state index is 0. The summed E-state index contributed by atoms with van der Waals surface area (Å²) in [5.74, 6) is 0.399. The van der Waals surface area contributed by atoms with Gasteiger partial charge in [-0.2, -0.15) is 0 Å². The Bertz CT molecular complexity index is 274. The predicted molar refractivity (Wildman–Crippen MR) is 65.2 cm³/mol. The van der Waals surface area contributed by atoms with E-state index in [0.717, 1.165) is 12.0 Å². The van der Waals surface area contributed by atoms with Crippen LogP contribution in [0.3, 0.4) is 0 Å². The standard InChI is InChI=1S/C14H22O.Li/c1-5-12(3)10-8-7-9-11-14(15)13(4)6-2;/h5,7-8,10-11,13,15H,1,6,9H2,2-4H3;/q;+1/p-1/b8-7+,12-10+,14-11-;. The molecule has 0 radical (unpaired) electrons. The summed E-state index contributed by atoms with van der Waals surface area (Å²) in [7, 11) is 0. The van der Waals surface area contributed by atoms with Gasteiger partial charge in [-0.25, -0.2) is 0 Å². The average molecular weight is 212 g/mol. The van der Waals surface area contributed by atoms with Crippen molar-refractivity contribution in [2.75, 3.05) is 0 Å². The Morgan fingerprint density at radius 3 is 2.56 bits per heavy atom. The summed E-state index contributed by atoms with van der Waals surface area (Å²) >= 11 is 0. The van der Waals surface area contributed by atoms with Gasteiger partial charge in [-0.3, -0.25) is 0 Å². The van der Waals surface area contributed by atoms with E-state index in [2.05, 4.69) is 6.58 Å². The Labute approximate surface area is 112 Å². The molecule has 0 saturated carbocycles. The third-order valence-electron chi connectivity index (χ3n) is 2.37. The fraction of sp³-hybridized carbons (Fsp3) is 0.429. The van der Waals surface area contributed by atoms with Gasteiger partial charge in [0.2, 0.25) is 0 Å². The van der Waals surface area contributed by atoms with Crippen LogP contribution >= 0.6 is 0 Å². The van der Waals surface area contributed by atoms with Gasteiger partial charge >= 0.3 is 18.9 Å². The Hall–Kier alpha value is -0.643. The summed E-state index contributed by atoms with van der Waals surface area (Å²) in [5, 5.41) is 11.4. The summed E-state index contributed by atoms with van der Waals surface area (Å²) in [6.45, 7) is 9.64. The Kier molecular flexibility index (Phi) is 12.0. The molecule has 2 heteroatoms. The first-order chi connectivity index (χ1) is 7.11. The number of hydrogen-bond acceptors (Lipinski definition) is 1. The number of hydrogen-bond donors (Lipinski definition) is 0. The second kappa shape index (κ2) is 10.9. The van der Waals surface area contributed by atoms with Gasteiger partial charge in [0.05, 0.1) is 0 Å². The van der Waals surface area contributed by atoms with Gasteiger partial charge in [0, 0.05) is 0 Å². The minimum Gasteiger partial charge on any atom is -0.875 e. The van der Waals surface area contributed by atoms with Gasteiger partial charge in [-0.1, -0.05) is 62.8 Å². The van der Waals surface area contributed by atoms with E-state index >= 15 is 0 Å². The fourth-order valence-corrected chi connectivity index (χ4v) is 0.953. The van der Waals surface area contributed by atoms with E-state index in [4.69, 9.17) is 0 Å². The van der Waals surface area contributed by atoms with E-state index in [9.17, 15) is 5.11 Å². The van der Waals surface area contributed by atoms with Crippen LogP contribution in [-0.2, 0) is 0 Å². The number of rotatable bonds is 6. The molecule has 0 saturated heterocycles. The van der Waals surface area contributed by atoms with Gasteiger partial charge in [-0.05, 0) is 19.3 Å². The second-order valence-corrected chi connectivity index (χ2v) is 3.69. The molecule has 0 amide bonds. The molecule has 16 heavy (non-hydrogen) atoms. The maximum absolute atomic E-state index is 11.4. The molecule has 0 spiro atoms. The molecule has 0 N–H and O–H groups in total. The SMILES string of the molecule is C=C/C(C)=C/C=C/C/C=C(\[O-])C(C)CC.[Li+]. The van der Waals surface area contributed by atoms with Crippen LogP contribution in [0.15, 0.2) is 48.3 Å². The third-order valence-corrected chi connectivity index (χ3v) is 2.37. The van der Waals surface area contributed by atoms with Crippen LogP contribution in [-0.4, -0.2) is 0 Å². The van der Waals surface area contributed by atoms with Crippen molar-refractivity contribution >= 4 is 0 Å². The van der Waals surface area contributed by atoms with E-state index in [0.29, 0.717) is 6.42 Å². The Morgan fingerprint density at radius 1 is 1.44 bits per heavy atom. The van der Waals surface area contributed by atoms with Crippen molar-refractivity contribution in [2.24, 2.45) is 5.92 Å². The first-order valence-corrected chi connectivity index (χ1v) is 5.44. The van der Waals surface area contributed by atoms with Gasteiger partial charge in [0.15, 0.2) is 0 Å². The molecule has 1 atom stereocenters. The van der Waals surface area contributed by atoms with Crippen LogP contribution in [0.5, 0.6) is 0 Å².